The highest BCUT2D eigenvalue weighted by Gasteiger charge is 2.34. The molecule has 2 amide bonds. The predicted octanol–water partition coefficient (Wildman–Crippen LogP) is 3.75. The zero-order valence-electron chi connectivity index (χ0n) is 28.1. The van der Waals surface area contributed by atoms with E-state index >= 15 is 0 Å². The van der Waals surface area contributed by atoms with Gasteiger partial charge in [-0.15, -0.1) is 0 Å². The molecule has 10 nitrogen and oxygen atoms in total. The number of carbonyl (C=O) groups is 2. The number of amides is 2. The summed E-state index contributed by atoms with van der Waals surface area (Å²) in [5, 5.41) is 20.6. The lowest BCUT2D eigenvalue weighted by molar-refractivity contribution is -0.131. The monoisotopic (exact) mass is 666 g/mol. The van der Waals surface area contributed by atoms with E-state index in [9.17, 15) is 23.1 Å². The molecule has 47 heavy (non-hydrogen) atoms. The molecule has 0 spiro atoms. The van der Waals surface area contributed by atoms with Gasteiger partial charge in [-0.1, -0.05) is 94.8 Å². The predicted molar refractivity (Wildman–Crippen MR) is 184 cm³/mol. The van der Waals surface area contributed by atoms with Gasteiger partial charge in [0, 0.05) is 19.6 Å². The highest BCUT2D eigenvalue weighted by atomic mass is 32.2. The summed E-state index contributed by atoms with van der Waals surface area (Å²) < 4.78 is 34.0. The molecule has 11 heteroatoms. The number of hydrogen-bond acceptors (Lipinski definition) is 7. The van der Waals surface area contributed by atoms with Crippen LogP contribution in [0.1, 0.15) is 45.2 Å². The largest absolute Gasteiger partial charge is 0.497 e. The molecule has 0 fully saturated rings. The van der Waals surface area contributed by atoms with E-state index in [1.165, 1.54) is 23.5 Å². The van der Waals surface area contributed by atoms with Gasteiger partial charge in [0.2, 0.25) is 21.8 Å². The van der Waals surface area contributed by atoms with Crippen LogP contribution in [0.15, 0.2) is 89.8 Å². The minimum atomic E-state index is -3.99. The molecule has 0 radical (unpaired) electrons. The number of aliphatic hydroxyl groups excluding tert-OH is 1. The molecule has 0 saturated carbocycles. The van der Waals surface area contributed by atoms with Crippen LogP contribution in [-0.4, -0.2) is 74.6 Å². The van der Waals surface area contributed by atoms with Crippen molar-refractivity contribution < 1.29 is 27.9 Å². The fourth-order valence-electron chi connectivity index (χ4n) is 5.18. The Morgan fingerprint density at radius 1 is 0.851 bits per heavy atom. The quantitative estimate of drug-likeness (QED) is 0.153. The van der Waals surface area contributed by atoms with Crippen molar-refractivity contribution >= 4 is 21.8 Å². The summed E-state index contributed by atoms with van der Waals surface area (Å²) in [7, 11) is -2.48. The van der Waals surface area contributed by atoms with Crippen molar-refractivity contribution in [1.82, 2.24) is 20.3 Å². The number of nitrogens with zero attached hydrogens (tertiary/aromatic N) is 1. The minimum absolute atomic E-state index is 0.0263. The molecule has 3 aromatic rings. The van der Waals surface area contributed by atoms with Gasteiger partial charge >= 0.3 is 0 Å². The maximum Gasteiger partial charge on any atom is 0.243 e. The van der Waals surface area contributed by atoms with Crippen LogP contribution in [0.4, 0.5) is 0 Å². The molecule has 4 atom stereocenters. The number of hydrogen-bond donors (Lipinski definition) is 4. The van der Waals surface area contributed by atoms with Gasteiger partial charge in [0.05, 0.1) is 30.7 Å². The van der Waals surface area contributed by atoms with Crippen molar-refractivity contribution in [1.29, 1.82) is 0 Å². The van der Waals surface area contributed by atoms with Crippen molar-refractivity contribution in [3.63, 3.8) is 0 Å². The summed E-state index contributed by atoms with van der Waals surface area (Å²) in [5.41, 5.74) is 1.90. The molecule has 256 valence electrons. The van der Waals surface area contributed by atoms with Crippen LogP contribution < -0.4 is 20.7 Å². The lowest BCUT2D eigenvalue weighted by Gasteiger charge is -2.32. The molecule has 4 unspecified atom stereocenters. The van der Waals surface area contributed by atoms with E-state index in [0.29, 0.717) is 18.7 Å². The van der Waals surface area contributed by atoms with Crippen LogP contribution in [0.25, 0.3) is 0 Å². The first-order chi connectivity index (χ1) is 22.4. The third-order valence-corrected chi connectivity index (χ3v) is 9.86. The van der Waals surface area contributed by atoms with E-state index in [-0.39, 0.29) is 48.7 Å². The van der Waals surface area contributed by atoms with Gasteiger partial charge in [0.15, 0.2) is 0 Å². The second kappa shape index (κ2) is 18.5. The maximum atomic E-state index is 13.8. The number of ether oxygens (including phenoxy) is 1. The van der Waals surface area contributed by atoms with Crippen molar-refractivity contribution in [3.05, 3.63) is 96.1 Å². The van der Waals surface area contributed by atoms with Gasteiger partial charge < -0.3 is 25.8 Å². The standard InChI is InChI=1S/C36H50N4O6S/c1-6-27(4)35(39-34(42)23-37-22-29-15-11-8-12-16-29)36(43)38-32(21-28-13-9-7-10-14-28)33(41)25-40(24-26(2)3)47(44,45)31-19-17-30(46-5)18-20-31/h7-20,26-27,32-33,35,37,41H,6,21-25H2,1-5H3,(H,38,43)(H,39,42). The van der Waals surface area contributed by atoms with Gasteiger partial charge in [-0.2, -0.15) is 4.31 Å². The van der Waals surface area contributed by atoms with Crippen molar-refractivity contribution in [2.75, 3.05) is 26.7 Å². The van der Waals surface area contributed by atoms with Gasteiger partial charge in [-0.05, 0) is 53.6 Å². The second-order valence-electron chi connectivity index (χ2n) is 12.3. The third kappa shape index (κ3) is 11.8. The number of rotatable bonds is 19. The average molecular weight is 667 g/mol. The van der Waals surface area contributed by atoms with Gasteiger partial charge in [0.25, 0.3) is 0 Å². The van der Waals surface area contributed by atoms with E-state index in [2.05, 4.69) is 16.0 Å². The van der Waals surface area contributed by atoms with Crippen LogP contribution in [0.3, 0.4) is 0 Å². The summed E-state index contributed by atoms with van der Waals surface area (Å²) in [4.78, 5) is 26.8. The lowest BCUT2D eigenvalue weighted by Crippen LogP contribution is -2.57. The highest BCUT2D eigenvalue weighted by Crippen LogP contribution is 2.22. The van der Waals surface area contributed by atoms with Gasteiger partial charge in [0.1, 0.15) is 11.8 Å². The molecule has 0 aliphatic rings. The Morgan fingerprint density at radius 3 is 2.00 bits per heavy atom. The first kappa shape index (κ1) is 37.7. The molecule has 0 aromatic heterocycles. The number of nitrogens with one attached hydrogen (secondary N) is 3. The summed E-state index contributed by atoms with van der Waals surface area (Å²) in [5.74, 6) is -0.465. The van der Waals surface area contributed by atoms with Gasteiger partial charge in [-0.25, -0.2) is 8.42 Å². The molecule has 4 N–H and O–H groups in total. The number of benzene rings is 3. The Hall–Kier alpha value is -3.77. The molecule has 0 bridgehead atoms. The zero-order valence-corrected chi connectivity index (χ0v) is 28.9. The fourth-order valence-corrected chi connectivity index (χ4v) is 6.80. The third-order valence-electron chi connectivity index (χ3n) is 8.02. The van der Waals surface area contributed by atoms with Crippen LogP contribution in [0.2, 0.25) is 0 Å². The van der Waals surface area contributed by atoms with E-state index in [1.54, 1.807) is 12.1 Å². The van der Waals surface area contributed by atoms with E-state index in [4.69, 9.17) is 4.74 Å². The molecule has 0 saturated heterocycles. The number of sulfonamides is 1. The Bertz CT molecular complexity index is 1490. The topological polar surface area (TPSA) is 137 Å². The lowest BCUT2D eigenvalue weighted by atomic mass is 9.96. The van der Waals surface area contributed by atoms with E-state index in [0.717, 1.165) is 11.1 Å². The Kier molecular flexibility index (Phi) is 14.9. The highest BCUT2D eigenvalue weighted by molar-refractivity contribution is 7.89. The molecule has 0 heterocycles. The molecule has 0 aliphatic heterocycles. The van der Waals surface area contributed by atoms with Crippen molar-refractivity contribution in [2.45, 2.75) is 70.2 Å². The smallest absolute Gasteiger partial charge is 0.243 e. The van der Waals surface area contributed by atoms with Crippen LogP contribution in [0.5, 0.6) is 5.75 Å². The normalized spacial score (nSPS) is 14.3. The maximum absolute atomic E-state index is 13.8. The van der Waals surface area contributed by atoms with Crippen LogP contribution in [0, 0.1) is 11.8 Å². The van der Waals surface area contributed by atoms with Crippen molar-refractivity contribution in [3.8, 4) is 5.75 Å². The van der Waals surface area contributed by atoms with E-state index in [1.807, 2.05) is 88.4 Å². The fraction of sp³-hybridized carbons (Fsp3) is 0.444. The van der Waals surface area contributed by atoms with E-state index < -0.39 is 34.1 Å². The van der Waals surface area contributed by atoms with Gasteiger partial charge in [-0.3, -0.25) is 9.59 Å². The molecule has 3 rings (SSSR count). The number of methoxy groups -OCH3 is 1. The molecule has 3 aromatic carbocycles. The summed E-state index contributed by atoms with van der Waals surface area (Å²) in [6.45, 7) is 8.09. The summed E-state index contributed by atoms with van der Waals surface area (Å²) >= 11 is 0. The minimum Gasteiger partial charge on any atom is -0.497 e. The first-order valence-corrected chi connectivity index (χ1v) is 17.6. The first-order valence-electron chi connectivity index (χ1n) is 16.1. The summed E-state index contributed by atoms with van der Waals surface area (Å²) in [6, 6.07) is 23.5. The molecule has 0 aliphatic carbocycles. The molecular weight excluding hydrogens is 616 g/mol. The Labute approximate surface area is 280 Å². The van der Waals surface area contributed by atoms with Crippen LogP contribution in [-0.2, 0) is 32.6 Å². The summed E-state index contributed by atoms with van der Waals surface area (Å²) in [6.07, 6.45) is -0.373. The number of carbonyl (C=O) groups excluding carboxylic acids is 2. The Balaban J connectivity index is 1.80. The second-order valence-corrected chi connectivity index (χ2v) is 14.2. The SMILES string of the molecule is CCC(C)C(NC(=O)CNCc1ccccc1)C(=O)NC(Cc1ccccc1)C(O)CN(CC(C)C)S(=O)(=O)c1ccc(OC)cc1. The number of aliphatic hydroxyl groups is 1. The Morgan fingerprint density at radius 2 is 1.45 bits per heavy atom. The van der Waals surface area contributed by atoms with Crippen molar-refractivity contribution in [2.24, 2.45) is 11.8 Å². The van der Waals surface area contributed by atoms with Crippen LogP contribution >= 0.6 is 0 Å². The average Bonchev–Trinajstić information content (AvgIpc) is 3.06. The zero-order chi connectivity index (χ0) is 34.4. The molecular formula is C36H50N4O6S.